The molecule has 2 aliphatic heterocycles. The van der Waals surface area contributed by atoms with Crippen LogP contribution in [0.5, 0.6) is 5.75 Å². The number of allylic oxidation sites excluding steroid dienone is 2. The van der Waals surface area contributed by atoms with Crippen molar-refractivity contribution in [3.63, 3.8) is 0 Å². The molecule has 2 aliphatic carbocycles. The van der Waals surface area contributed by atoms with Gasteiger partial charge in [0.2, 0.25) is 0 Å². The highest BCUT2D eigenvalue weighted by Gasteiger charge is 2.55. The fraction of sp³-hybridized carbons (Fsp3) is 0.609. The third kappa shape index (κ3) is 2.70. The van der Waals surface area contributed by atoms with Crippen molar-refractivity contribution in [3.8, 4) is 5.75 Å². The van der Waals surface area contributed by atoms with E-state index in [1.807, 2.05) is 6.07 Å². The van der Waals surface area contributed by atoms with Gasteiger partial charge in [0.15, 0.2) is 0 Å². The molecule has 28 heavy (non-hydrogen) atoms. The second-order valence-electron chi connectivity index (χ2n) is 9.23. The van der Waals surface area contributed by atoms with Crippen molar-refractivity contribution in [1.29, 1.82) is 0 Å². The van der Waals surface area contributed by atoms with E-state index >= 15 is 0 Å². The van der Waals surface area contributed by atoms with Gasteiger partial charge >= 0.3 is 5.97 Å². The lowest BCUT2D eigenvalue weighted by Gasteiger charge is -2.53. The highest BCUT2D eigenvalue weighted by molar-refractivity contribution is 5.66. The van der Waals surface area contributed by atoms with Crippen LogP contribution in [-0.4, -0.2) is 38.8 Å². The first-order valence-electron chi connectivity index (χ1n) is 10.7. The van der Waals surface area contributed by atoms with Crippen LogP contribution in [0.1, 0.15) is 62.5 Å². The lowest BCUT2D eigenvalue weighted by atomic mass is 9.56. The Bertz CT molecular complexity index is 843. The number of carbonyl (C=O) groups is 1. The van der Waals surface area contributed by atoms with Crippen molar-refractivity contribution in [1.82, 2.24) is 4.90 Å². The van der Waals surface area contributed by atoms with E-state index in [0.717, 1.165) is 32.2 Å². The van der Waals surface area contributed by atoms with Gasteiger partial charge in [-0.3, -0.25) is 4.79 Å². The minimum atomic E-state index is -0.752. The van der Waals surface area contributed by atoms with Crippen molar-refractivity contribution < 1.29 is 20.1 Å². The Hall–Kier alpha value is -2.17. The number of benzene rings is 1. The SMILES string of the molecule is O=C(O)CCC[C@@]12CCCN3C(C4CC4)=C(O)C[C@H]1[C@H]3Cc1ccc(O)cc12. The molecule has 5 nitrogen and oxygen atoms in total. The smallest absolute Gasteiger partial charge is 0.303 e. The van der Waals surface area contributed by atoms with E-state index in [4.69, 9.17) is 0 Å². The zero-order chi connectivity index (χ0) is 19.5. The van der Waals surface area contributed by atoms with E-state index in [0.29, 0.717) is 30.6 Å². The second-order valence-corrected chi connectivity index (χ2v) is 9.23. The van der Waals surface area contributed by atoms with Crippen LogP contribution in [-0.2, 0) is 16.6 Å². The molecule has 4 aliphatic rings. The number of aromatic hydroxyl groups is 1. The molecule has 1 aromatic carbocycles. The van der Waals surface area contributed by atoms with Gasteiger partial charge in [-0.05, 0) is 74.1 Å². The van der Waals surface area contributed by atoms with Crippen molar-refractivity contribution in [2.45, 2.75) is 69.2 Å². The summed E-state index contributed by atoms with van der Waals surface area (Å²) in [6.45, 7) is 0.970. The van der Waals surface area contributed by atoms with E-state index in [1.165, 1.54) is 29.7 Å². The zero-order valence-corrected chi connectivity index (χ0v) is 16.2. The van der Waals surface area contributed by atoms with Crippen LogP contribution >= 0.6 is 0 Å². The number of fused-ring (bicyclic) bond motifs is 2. The molecule has 0 aromatic heterocycles. The first-order chi connectivity index (χ1) is 13.5. The Kier molecular flexibility index (Phi) is 4.11. The third-order valence-corrected chi connectivity index (χ3v) is 7.65. The molecule has 5 heteroatoms. The van der Waals surface area contributed by atoms with E-state index in [-0.39, 0.29) is 23.5 Å². The molecule has 4 bridgehead atoms. The highest BCUT2D eigenvalue weighted by Crippen LogP contribution is 2.57. The summed E-state index contributed by atoms with van der Waals surface area (Å²) < 4.78 is 0. The topological polar surface area (TPSA) is 81.0 Å². The molecular formula is C23H29NO4. The number of hydrogen-bond donors (Lipinski definition) is 3. The summed E-state index contributed by atoms with van der Waals surface area (Å²) >= 11 is 0. The van der Waals surface area contributed by atoms with Gasteiger partial charge in [0.1, 0.15) is 11.5 Å². The Morgan fingerprint density at radius 1 is 1.21 bits per heavy atom. The third-order valence-electron chi connectivity index (χ3n) is 7.65. The van der Waals surface area contributed by atoms with E-state index in [2.05, 4.69) is 11.0 Å². The number of aliphatic hydroxyl groups is 1. The maximum Gasteiger partial charge on any atom is 0.303 e. The maximum atomic E-state index is 11.2. The molecule has 0 radical (unpaired) electrons. The van der Waals surface area contributed by atoms with Crippen LogP contribution < -0.4 is 0 Å². The number of nitrogens with zero attached hydrogens (tertiary/aromatic N) is 1. The fourth-order valence-electron chi connectivity index (χ4n) is 6.46. The van der Waals surface area contributed by atoms with E-state index < -0.39 is 5.97 Å². The molecule has 2 fully saturated rings. The van der Waals surface area contributed by atoms with Crippen LogP contribution in [0.15, 0.2) is 29.7 Å². The summed E-state index contributed by atoms with van der Waals surface area (Å²) in [5.74, 6) is 0.904. The number of rotatable bonds is 5. The molecule has 1 aromatic rings. The van der Waals surface area contributed by atoms with Gasteiger partial charge in [0.25, 0.3) is 0 Å². The van der Waals surface area contributed by atoms with Gasteiger partial charge in [-0.1, -0.05) is 6.07 Å². The normalized spacial score (nSPS) is 31.4. The lowest BCUT2D eigenvalue weighted by molar-refractivity contribution is -0.137. The maximum absolute atomic E-state index is 11.2. The number of hydrogen-bond acceptors (Lipinski definition) is 4. The quantitative estimate of drug-likeness (QED) is 0.713. The minimum absolute atomic E-state index is 0.162. The number of carboxylic acid groups (broad SMARTS) is 1. The van der Waals surface area contributed by atoms with E-state index in [9.17, 15) is 20.1 Å². The predicted octanol–water partition coefficient (Wildman–Crippen LogP) is 4.10. The molecule has 150 valence electrons. The summed E-state index contributed by atoms with van der Waals surface area (Å²) in [6.07, 6.45) is 7.64. The van der Waals surface area contributed by atoms with Gasteiger partial charge in [0.05, 0.1) is 5.70 Å². The van der Waals surface area contributed by atoms with Gasteiger partial charge < -0.3 is 20.2 Å². The lowest BCUT2D eigenvalue weighted by Crippen LogP contribution is -2.54. The largest absolute Gasteiger partial charge is 0.510 e. The molecule has 0 unspecified atom stereocenters. The monoisotopic (exact) mass is 383 g/mol. The molecule has 3 N–H and O–H groups in total. The number of phenolic OH excluding ortho intramolecular Hbond substituents is 1. The first-order valence-corrected chi connectivity index (χ1v) is 10.7. The molecule has 2 heterocycles. The van der Waals surface area contributed by atoms with Crippen LogP contribution in [0.4, 0.5) is 0 Å². The predicted molar refractivity (Wildman–Crippen MR) is 105 cm³/mol. The van der Waals surface area contributed by atoms with Crippen molar-refractivity contribution in [2.24, 2.45) is 11.8 Å². The summed E-state index contributed by atoms with van der Waals surface area (Å²) in [7, 11) is 0. The average Bonchev–Trinajstić information content (AvgIpc) is 3.47. The number of carboxylic acids is 1. The van der Waals surface area contributed by atoms with E-state index in [1.54, 1.807) is 6.07 Å². The Morgan fingerprint density at radius 2 is 2.04 bits per heavy atom. The number of aliphatic carboxylic acids is 1. The van der Waals surface area contributed by atoms with Gasteiger partial charge in [-0.2, -0.15) is 0 Å². The highest BCUT2D eigenvalue weighted by atomic mass is 16.4. The first kappa shape index (κ1) is 17.9. The fourth-order valence-corrected chi connectivity index (χ4v) is 6.46. The van der Waals surface area contributed by atoms with Crippen molar-refractivity contribution in [2.75, 3.05) is 6.54 Å². The standard InChI is InChI=1S/C23H29NO4/c25-16-7-6-15-11-19-18-13-20(26)22(14-4-5-14)24(19)10-2-9-23(18,17(15)12-16)8-1-3-21(27)28/h6-7,12,14,18-19,25-26H,1-5,8-11,13H2,(H,27,28)/t18-,19+,23-/m0/s1. The van der Waals surface area contributed by atoms with Crippen LogP contribution in [0.25, 0.3) is 0 Å². The van der Waals surface area contributed by atoms with Crippen LogP contribution in [0.2, 0.25) is 0 Å². The summed E-state index contributed by atoms with van der Waals surface area (Å²) in [5.41, 5.74) is 3.52. The van der Waals surface area contributed by atoms with Crippen LogP contribution in [0, 0.1) is 11.8 Å². The zero-order valence-electron chi connectivity index (χ0n) is 16.2. The molecular weight excluding hydrogens is 354 g/mol. The average molecular weight is 383 g/mol. The Balaban J connectivity index is 1.61. The summed E-state index contributed by atoms with van der Waals surface area (Å²) in [6, 6.07) is 6.13. The molecule has 3 atom stereocenters. The molecule has 0 amide bonds. The summed E-state index contributed by atoms with van der Waals surface area (Å²) in [4.78, 5) is 13.7. The Labute approximate surface area is 165 Å². The molecule has 5 rings (SSSR count). The number of phenols is 1. The van der Waals surface area contributed by atoms with Crippen molar-refractivity contribution in [3.05, 3.63) is 40.8 Å². The minimum Gasteiger partial charge on any atom is -0.510 e. The molecule has 1 saturated heterocycles. The second kappa shape index (κ2) is 6.43. The Morgan fingerprint density at radius 3 is 2.79 bits per heavy atom. The summed E-state index contributed by atoms with van der Waals surface area (Å²) in [5, 5.41) is 30.4. The van der Waals surface area contributed by atoms with Gasteiger partial charge in [-0.15, -0.1) is 0 Å². The molecule has 0 spiro atoms. The molecule has 1 saturated carbocycles. The van der Waals surface area contributed by atoms with Gasteiger partial charge in [0, 0.05) is 36.8 Å². The van der Waals surface area contributed by atoms with Crippen molar-refractivity contribution >= 4 is 5.97 Å². The van der Waals surface area contributed by atoms with Gasteiger partial charge in [-0.25, -0.2) is 0 Å². The van der Waals surface area contributed by atoms with Crippen LogP contribution in [0.3, 0.4) is 0 Å². The number of aliphatic hydroxyl groups excluding tert-OH is 1.